The SMILES string of the molecule is CO[N+]1(I)CCCCC1. The molecule has 0 saturated carbocycles. The highest BCUT2D eigenvalue weighted by Crippen LogP contribution is 2.23. The van der Waals surface area contributed by atoms with E-state index in [1.165, 1.54) is 32.4 Å². The second-order valence-electron chi connectivity index (χ2n) is 2.48. The van der Waals surface area contributed by atoms with Crippen molar-refractivity contribution in [3.8, 4) is 0 Å². The minimum atomic E-state index is 0.789. The number of nitrogens with zero attached hydrogens (tertiary/aromatic N) is 1. The van der Waals surface area contributed by atoms with Crippen LogP contribution in [-0.2, 0) is 4.84 Å². The summed E-state index contributed by atoms with van der Waals surface area (Å²) in [5, 5.41) is 0. The Kier molecular flexibility index (Phi) is 2.73. The number of rotatable bonds is 1. The average molecular weight is 242 g/mol. The highest BCUT2D eigenvalue weighted by molar-refractivity contribution is 14.1. The summed E-state index contributed by atoms with van der Waals surface area (Å²) in [5.41, 5.74) is 0. The Bertz CT molecular complexity index is 91.1. The third-order valence-corrected chi connectivity index (χ3v) is 3.17. The van der Waals surface area contributed by atoms with E-state index in [0.717, 1.165) is 2.86 Å². The van der Waals surface area contributed by atoms with Crippen molar-refractivity contribution in [1.29, 1.82) is 0 Å². The Morgan fingerprint density at radius 2 is 1.78 bits per heavy atom. The van der Waals surface area contributed by atoms with Crippen molar-refractivity contribution in [2.45, 2.75) is 19.3 Å². The molecular weight excluding hydrogens is 229 g/mol. The predicted octanol–water partition coefficient (Wildman–Crippen LogP) is 1.90. The normalized spacial score (nSPS) is 26.0. The molecule has 1 aliphatic heterocycles. The van der Waals surface area contributed by atoms with Crippen molar-refractivity contribution in [2.24, 2.45) is 0 Å². The van der Waals surface area contributed by atoms with Crippen LogP contribution < -0.4 is 0 Å². The Balaban J connectivity index is 2.37. The molecule has 0 amide bonds. The van der Waals surface area contributed by atoms with Crippen LogP contribution in [0.25, 0.3) is 0 Å². The summed E-state index contributed by atoms with van der Waals surface area (Å²) in [7, 11) is 1.79. The Morgan fingerprint density at radius 3 is 2.11 bits per heavy atom. The number of quaternary nitrogens is 1. The molecule has 1 heterocycles. The summed E-state index contributed by atoms with van der Waals surface area (Å²) < 4.78 is 0.789. The number of hydroxylamine groups is 2. The van der Waals surface area contributed by atoms with Crippen molar-refractivity contribution in [1.82, 2.24) is 0 Å². The molecule has 0 atom stereocenters. The molecule has 1 saturated heterocycles. The van der Waals surface area contributed by atoms with E-state index in [1.807, 2.05) is 0 Å². The van der Waals surface area contributed by atoms with E-state index >= 15 is 0 Å². The van der Waals surface area contributed by atoms with Crippen molar-refractivity contribution < 1.29 is 7.70 Å². The van der Waals surface area contributed by atoms with Gasteiger partial charge in [-0.1, -0.05) is 0 Å². The molecule has 0 N–H and O–H groups in total. The summed E-state index contributed by atoms with van der Waals surface area (Å²) in [6.07, 6.45) is 4.01. The summed E-state index contributed by atoms with van der Waals surface area (Å²) >= 11 is 2.37. The monoisotopic (exact) mass is 242 g/mol. The lowest BCUT2D eigenvalue weighted by molar-refractivity contribution is -0.962. The number of halogens is 1. The van der Waals surface area contributed by atoms with Gasteiger partial charge in [-0.05, 0) is 6.42 Å². The number of hydrogen-bond donors (Lipinski definition) is 0. The van der Waals surface area contributed by atoms with Crippen molar-refractivity contribution in [3.63, 3.8) is 0 Å². The van der Waals surface area contributed by atoms with Gasteiger partial charge in [-0.2, -0.15) is 4.84 Å². The van der Waals surface area contributed by atoms with Gasteiger partial charge in [0.05, 0.1) is 7.11 Å². The molecule has 0 spiro atoms. The smallest absolute Gasteiger partial charge is 0.198 e. The molecule has 0 unspecified atom stereocenters. The quantitative estimate of drug-likeness (QED) is 0.504. The largest absolute Gasteiger partial charge is 0.288 e. The molecule has 2 nitrogen and oxygen atoms in total. The Labute approximate surface area is 70.2 Å². The first-order chi connectivity index (χ1) is 4.27. The van der Waals surface area contributed by atoms with Crippen molar-refractivity contribution in [2.75, 3.05) is 20.2 Å². The van der Waals surface area contributed by atoms with Gasteiger partial charge in [-0.15, -0.1) is 2.86 Å². The van der Waals surface area contributed by atoms with E-state index in [-0.39, 0.29) is 0 Å². The van der Waals surface area contributed by atoms with Crippen LogP contribution >= 0.6 is 22.9 Å². The summed E-state index contributed by atoms with van der Waals surface area (Å²) in [5.74, 6) is 0. The van der Waals surface area contributed by atoms with Crippen LogP contribution in [0, 0.1) is 0 Å². The lowest BCUT2D eigenvalue weighted by atomic mass is 10.2. The number of hydrogen-bond acceptors (Lipinski definition) is 1. The summed E-state index contributed by atoms with van der Waals surface area (Å²) in [6.45, 7) is 2.36. The van der Waals surface area contributed by atoms with E-state index in [2.05, 4.69) is 22.9 Å². The maximum atomic E-state index is 5.30. The number of piperidine rings is 1. The van der Waals surface area contributed by atoms with Gasteiger partial charge in [0.15, 0.2) is 0 Å². The molecular formula is C6H13INO+. The lowest BCUT2D eigenvalue weighted by Crippen LogP contribution is -2.40. The van der Waals surface area contributed by atoms with Crippen LogP contribution in [0.3, 0.4) is 0 Å². The van der Waals surface area contributed by atoms with Gasteiger partial charge < -0.3 is 0 Å². The summed E-state index contributed by atoms with van der Waals surface area (Å²) in [4.78, 5) is 5.30. The topological polar surface area (TPSA) is 9.23 Å². The second-order valence-corrected chi connectivity index (χ2v) is 4.24. The van der Waals surface area contributed by atoms with E-state index in [9.17, 15) is 0 Å². The highest BCUT2D eigenvalue weighted by atomic mass is 127. The zero-order chi connectivity index (χ0) is 6.74. The maximum Gasteiger partial charge on any atom is 0.288 e. The molecule has 0 radical (unpaired) electrons. The summed E-state index contributed by atoms with van der Waals surface area (Å²) in [6, 6.07) is 0. The lowest BCUT2D eigenvalue weighted by Gasteiger charge is -2.29. The molecule has 0 aromatic carbocycles. The van der Waals surface area contributed by atoms with Crippen LogP contribution in [0.5, 0.6) is 0 Å². The maximum absolute atomic E-state index is 5.30. The third-order valence-electron chi connectivity index (χ3n) is 1.81. The van der Waals surface area contributed by atoms with Crippen molar-refractivity contribution in [3.05, 3.63) is 0 Å². The molecule has 1 fully saturated rings. The Hall–Kier alpha value is 0.650. The van der Waals surface area contributed by atoms with Crippen molar-refractivity contribution >= 4 is 22.9 Å². The van der Waals surface area contributed by atoms with E-state index < -0.39 is 0 Å². The van der Waals surface area contributed by atoms with Gasteiger partial charge in [0.25, 0.3) is 22.9 Å². The van der Waals surface area contributed by atoms with Crippen LogP contribution in [0.4, 0.5) is 0 Å². The third kappa shape index (κ3) is 2.05. The zero-order valence-corrected chi connectivity index (χ0v) is 7.93. The van der Waals surface area contributed by atoms with E-state index in [0.29, 0.717) is 0 Å². The first kappa shape index (κ1) is 7.75. The van der Waals surface area contributed by atoms with E-state index in [4.69, 9.17) is 4.84 Å². The fraction of sp³-hybridized carbons (Fsp3) is 1.00. The molecule has 0 aromatic heterocycles. The van der Waals surface area contributed by atoms with Crippen LogP contribution in [0.1, 0.15) is 19.3 Å². The van der Waals surface area contributed by atoms with Gasteiger partial charge in [0.1, 0.15) is 13.1 Å². The zero-order valence-electron chi connectivity index (χ0n) is 5.77. The molecule has 54 valence electrons. The highest BCUT2D eigenvalue weighted by Gasteiger charge is 2.27. The molecule has 1 aliphatic rings. The average Bonchev–Trinajstić information content (AvgIpc) is 1.90. The van der Waals surface area contributed by atoms with Gasteiger partial charge in [0, 0.05) is 12.8 Å². The first-order valence-corrected chi connectivity index (χ1v) is 4.36. The Morgan fingerprint density at radius 1 is 1.22 bits per heavy atom. The van der Waals surface area contributed by atoms with Crippen LogP contribution in [-0.4, -0.2) is 23.1 Å². The van der Waals surface area contributed by atoms with Crippen LogP contribution in [0.15, 0.2) is 0 Å². The first-order valence-electron chi connectivity index (χ1n) is 3.39. The van der Waals surface area contributed by atoms with E-state index in [1.54, 1.807) is 7.11 Å². The van der Waals surface area contributed by atoms with Gasteiger partial charge in [0.2, 0.25) is 0 Å². The minimum Gasteiger partial charge on any atom is -0.198 e. The predicted molar refractivity (Wildman–Crippen MR) is 44.9 cm³/mol. The molecule has 3 heteroatoms. The molecule has 0 aliphatic carbocycles. The second kappa shape index (κ2) is 3.16. The molecule has 1 rings (SSSR count). The molecule has 0 aromatic rings. The van der Waals surface area contributed by atoms with Crippen LogP contribution in [0.2, 0.25) is 0 Å². The fourth-order valence-corrected chi connectivity index (χ4v) is 1.85. The molecule has 0 bridgehead atoms. The van der Waals surface area contributed by atoms with Gasteiger partial charge in [-0.25, -0.2) is 0 Å². The standard InChI is InChI=1S/C6H13INO/c1-9-8(7)5-3-2-4-6-8/h2-6H2,1H3/q+1. The van der Waals surface area contributed by atoms with Gasteiger partial charge in [-0.3, -0.25) is 0 Å². The van der Waals surface area contributed by atoms with Gasteiger partial charge >= 0.3 is 0 Å². The molecule has 9 heavy (non-hydrogen) atoms. The minimum absolute atomic E-state index is 0.789. The fourth-order valence-electron chi connectivity index (χ4n) is 1.17.